The van der Waals surface area contributed by atoms with E-state index in [9.17, 15) is 13.2 Å². The fourth-order valence-corrected chi connectivity index (χ4v) is 4.05. The lowest BCUT2D eigenvalue weighted by atomic mass is 10.1. The number of benzene rings is 2. The van der Waals surface area contributed by atoms with Crippen LogP contribution in [0.4, 0.5) is 0 Å². The molecule has 0 aliphatic carbocycles. The summed E-state index contributed by atoms with van der Waals surface area (Å²) in [5, 5.41) is 2.88. The van der Waals surface area contributed by atoms with Crippen LogP contribution in [0.2, 0.25) is 0 Å². The average Bonchev–Trinajstić information content (AvgIpc) is 2.60. The first kappa shape index (κ1) is 20.6. The first-order chi connectivity index (χ1) is 12.3. The Morgan fingerprint density at radius 3 is 2.31 bits per heavy atom. The zero-order chi connectivity index (χ0) is 19.2. The number of aryl methyl sites for hydroxylation is 2. The highest BCUT2D eigenvalue weighted by Crippen LogP contribution is 2.14. The van der Waals surface area contributed by atoms with Gasteiger partial charge in [0.05, 0.1) is 10.6 Å². The van der Waals surface area contributed by atoms with Crippen LogP contribution in [0.5, 0.6) is 0 Å². The Morgan fingerprint density at radius 1 is 1.08 bits per heavy atom. The molecule has 140 valence electrons. The lowest BCUT2D eigenvalue weighted by Gasteiger charge is -2.14. The monoisotopic (exact) mass is 437 g/mol. The van der Waals surface area contributed by atoms with Gasteiger partial charge in [-0.15, -0.1) is 0 Å². The molecule has 0 radical (unpaired) electrons. The Balaban J connectivity index is 1.78. The molecule has 0 aromatic heterocycles. The van der Waals surface area contributed by atoms with Crippen LogP contribution in [0.15, 0.2) is 57.9 Å². The topological polar surface area (TPSA) is 63.2 Å². The van der Waals surface area contributed by atoms with Gasteiger partial charge in [0.1, 0.15) is 0 Å². The quantitative estimate of drug-likeness (QED) is 0.676. The van der Waals surface area contributed by atoms with Gasteiger partial charge < -0.3 is 5.32 Å². The molecule has 2 rings (SSSR count). The van der Waals surface area contributed by atoms with Crippen molar-refractivity contribution in [3.05, 3.63) is 64.1 Å². The van der Waals surface area contributed by atoms with Crippen LogP contribution in [0, 0.1) is 6.92 Å². The lowest BCUT2D eigenvalue weighted by molar-refractivity contribution is -0.121. The summed E-state index contributed by atoms with van der Waals surface area (Å²) in [7, 11) is -3.43. The fraction of sp³-hybridized carbons (Fsp3) is 0.350. The predicted molar refractivity (Wildman–Crippen MR) is 108 cm³/mol. The highest BCUT2D eigenvalue weighted by Gasteiger charge is 2.17. The molecule has 0 saturated carbocycles. The van der Waals surface area contributed by atoms with E-state index in [1.807, 2.05) is 38.1 Å². The second-order valence-corrected chi connectivity index (χ2v) is 9.54. The Bertz CT molecular complexity index is 830. The van der Waals surface area contributed by atoms with Crippen LogP contribution in [0.3, 0.4) is 0 Å². The Labute approximate surface area is 164 Å². The first-order valence-electron chi connectivity index (χ1n) is 8.59. The minimum Gasteiger partial charge on any atom is -0.354 e. The molecular weight excluding hydrogens is 414 g/mol. The molecule has 2 aromatic carbocycles. The summed E-state index contributed by atoms with van der Waals surface area (Å²) in [6, 6.07) is 14.8. The van der Waals surface area contributed by atoms with Crippen LogP contribution in [-0.2, 0) is 21.1 Å². The molecule has 0 bridgehead atoms. The maximum Gasteiger partial charge on any atom is 0.221 e. The van der Waals surface area contributed by atoms with Crippen molar-refractivity contribution in [3.63, 3.8) is 0 Å². The van der Waals surface area contributed by atoms with E-state index in [-0.39, 0.29) is 29.0 Å². The van der Waals surface area contributed by atoms with E-state index in [2.05, 4.69) is 21.2 Å². The van der Waals surface area contributed by atoms with Gasteiger partial charge in [-0.2, -0.15) is 0 Å². The molecule has 0 aliphatic heterocycles. The van der Waals surface area contributed by atoms with E-state index in [1.165, 1.54) is 5.56 Å². The second kappa shape index (κ2) is 9.33. The third kappa shape index (κ3) is 6.57. The Morgan fingerprint density at radius 2 is 1.69 bits per heavy atom. The van der Waals surface area contributed by atoms with Gasteiger partial charge in [0, 0.05) is 16.9 Å². The number of carbonyl (C=O) groups excluding carboxylic acids is 1. The van der Waals surface area contributed by atoms with E-state index in [0.29, 0.717) is 0 Å². The van der Waals surface area contributed by atoms with E-state index < -0.39 is 9.84 Å². The number of hydrogen-bond donors (Lipinski definition) is 1. The SMILES string of the molecule is Cc1ccc(S(=O)(=O)CCC(=O)NC(C)CCc2ccc(Br)cc2)cc1. The molecule has 1 unspecified atom stereocenters. The molecular formula is C20H24BrNO3S. The van der Waals surface area contributed by atoms with Crippen molar-refractivity contribution in [1.82, 2.24) is 5.32 Å². The van der Waals surface area contributed by atoms with Gasteiger partial charge in [0.25, 0.3) is 0 Å². The van der Waals surface area contributed by atoms with E-state index in [4.69, 9.17) is 0 Å². The molecule has 1 N–H and O–H groups in total. The lowest BCUT2D eigenvalue weighted by Crippen LogP contribution is -2.33. The number of rotatable bonds is 8. The van der Waals surface area contributed by atoms with Crippen molar-refractivity contribution in [2.45, 2.75) is 44.0 Å². The molecule has 0 spiro atoms. The van der Waals surface area contributed by atoms with Gasteiger partial charge in [-0.1, -0.05) is 45.8 Å². The minimum absolute atomic E-state index is 0.00627. The third-order valence-corrected chi connectivity index (χ3v) is 6.43. The number of amides is 1. The summed E-state index contributed by atoms with van der Waals surface area (Å²) in [5.41, 5.74) is 2.21. The smallest absolute Gasteiger partial charge is 0.221 e. The second-order valence-electron chi connectivity index (χ2n) is 6.52. The average molecular weight is 438 g/mol. The summed E-state index contributed by atoms with van der Waals surface area (Å²) in [4.78, 5) is 12.3. The summed E-state index contributed by atoms with van der Waals surface area (Å²) in [6.07, 6.45) is 1.63. The summed E-state index contributed by atoms with van der Waals surface area (Å²) >= 11 is 3.41. The van der Waals surface area contributed by atoms with Crippen molar-refractivity contribution in [1.29, 1.82) is 0 Å². The molecule has 4 nitrogen and oxygen atoms in total. The van der Waals surface area contributed by atoms with Crippen LogP contribution in [0.1, 0.15) is 30.9 Å². The van der Waals surface area contributed by atoms with Crippen molar-refractivity contribution in [2.75, 3.05) is 5.75 Å². The van der Waals surface area contributed by atoms with Crippen molar-refractivity contribution >= 4 is 31.7 Å². The molecule has 26 heavy (non-hydrogen) atoms. The molecule has 0 saturated heterocycles. The zero-order valence-electron chi connectivity index (χ0n) is 15.0. The predicted octanol–water partition coefficient (Wildman–Crippen LogP) is 4.06. The number of hydrogen-bond acceptors (Lipinski definition) is 3. The van der Waals surface area contributed by atoms with Crippen LogP contribution >= 0.6 is 15.9 Å². The van der Waals surface area contributed by atoms with Crippen LogP contribution in [-0.4, -0.2) is 26.1 Å². The molecule has 1 atom stereocenters. The minimum atomic E-state index is -3.43. The molecule has 0 aliphatic rings. The highest BCUT2D eigenvalue weighted by atomic mass is 79.9. The van der Waals surface area contributed by atoms with Crippen molar-refractivity contribution in [2.24, 2.45) is 0 Å². The molecule has 0 fully saturated rings. The summed E-state index contributed by atoms with van der Waals surface area (Å²) in [5.74, 6) is -0.412. The van der Waals surface area contributed by atoms with E-state index in [1.54, 1.807) is 24.3 Å². The Hall–Kier alpha value is -1.66. The Kier molecular flexibility index (Phi) is 7.41. The van der Waals surface area contributed by atoms with Crippen molar-refractivity contribution < 1.29 is 13.2 Å². The van der Waals surface area contributed by atoms with Crippen LogP contribution in [0.25, 0.3) is 0 Å². The summed E-state index contributed by atoms with van der Waals surface area (Å²) in [6.45, 7) is 3.84. The summed E-state index contributed by atoms with van der Waals surface area (Å²) < 4.78 is 25.6. The molecule has 0 heterocycles. The van der Waals surface area contributed by atoms with E-state index >= 15 is 0 Å². The van der Waals surface area contributed by atoms with Gasteiger partial charge in [-0.3, -0.25) is 4.79 Å². The first-order valence-corrected chi connectivity index (χ1v) is 11.0. The fourth-order valence-electron chi connectivity index (χ4n) is 2.54. The number of carbonyl (C=O) groups is 1. The molecule has 6 heteroatoms. The molecule has 1 amide bonds. The number of halogens is 1. The standard InChI is InChI=1S/C20H24BrNO3S/c1-15-3-11-19(12-4-15)26(24,25)14-13-20(23)22-16(2)5-6-17-7-9-18(21)10-8-17/h3-4,7-12,16H,5-6,13-14H2,1-2H3,(H,22,23). The zero-order valence-corrected chi connectivity index (χ0v) is 17.4. The van der Waals surface area contributed by atoms with Crippen LogP contribution < -0.4 is 5.32 Å². The van der Waals surface area contributed by atoms with Gasteiger partial charge in [0.2, 0.25) is 5.91 Å². The number of sulfone groups is 1. The normalized spacial score (nSPS) is 12.6. The largest absolute Gasteiger partial charge is 0.354 e. The van der Waals surface area contributed by atoms with Gasteiger partial charge in [0.15, 0.2) is 9.84 Å². The van der Waals surface area contributed by atoms with Crippen molar-refractivity contribution in [3.8, 4) is 0 Å². The van der Waals surface area contributed by atoms with Gasteiger partial charge >= 0.3 is 0 Å². The maximum absolute atomic E-state index is 12.3. The van der Waals surface area contributed by atoms with E-state index in [0.717, 1.165) is 22.9 Å². The maximum atomic E-state index is 12.3. The van der Waals surface area contributed by atoms with Gasteiger partial charge in [-0.05, 0) is 56.5 Å². The van der Waals surface area contributed by atoms with Gasteiger partial charge in [-0.25, -0.2) is 8.42 Å². The highest BCUT2D eigenvalue weighted by molar-refractivity contribution is 9.10. The third-order valence-electron chi connectivity index (χ3n) is 4.16. The molecule has 2 aromatic rings. The number of nitrogens with one attached hydrogen (secondary N) is 1.